The predicted molar refractivity (Wildman–Crippen MR) is 233 cm³/mol. The van der Waals surface area contributed by atoms with Crippen LogP contribution in [0.3, 0.4) is 0 Å². The predicted octanol–water partition coefficient (Wildman–Crippen LogP) is 12.7. The summed E-state index contributed by atoms with van der Waals surface area (Å²) in [5.41, 5.74) is 10.1. The maximum Gasteiger partial charge on any atom is 0.120 e. The summed E-state index contributed by atoms with van der Waals surface area (Å²) in [5.74, 6) is 0.643. The molecule has 0 amide bonds. The number of pyridine rings is 1. The second-order valence-corrected chi connectivity index (χ2v) is 20.0. The Morgan fingerprint density at radius 1 is 0.821 bits per heavy atom. The molecule has 0 atom stereocenters. The van der Waals surface area contributed by atoms with Crippen molar-refractivity contribution in [2.24, 2.45) is 5.92 Å². The van der Waals surface area contributed by atoms with Gasteiger partial charge in [-0.2, -0.15) is 0 Å². The van der Waals surface area contributed by atoms with Gasteiger partial charge in [0.25, 0.3) is 0 Å². The van der Waals surface area contributed by atoms with E-state index in [-0.39, 0.29) is 31.6 Å². The van der Waals surface area contributed by atoms with Gasteiger partial charge in [-0.15, -0.1) is 53.6 Å². The SMILES string of the molecule is [2H]C([2H])([2H])c1c[c-]c(-c2cc(C([2H])([2H])C(C)C)c([Si](C)(C)C)cn2)cc1.[Ir].[c-]1ccc2c(oc3ccccc32)c1-c1nc2ccccc2n1-c1ccccc1-c1ccccc1. The average Bonchev–Trinajstić information content (AvgIpc) is 3.82. The second kappa shape index (κ2) is 16.4. The van der Waals surface area contributed by atoms with Crippen LogP contribution in [0.2, 0.25) is 19.6 Å². The first-order valence-electron chi connectivity index (χ1n) is 21.1. The van der Waals surface area contributed by atoms with Gasteiger partial charge in [0.15, 0.2) is 0 Å². The molecule has 0 saturated heterocycles. The molecule has 4 nitrogen and oxygen atoms in total. The van der Waals surface area contributed by atoms with Crippen molar-refractivity contribution in [2.75, 3.05) is 0 Å². The van der Waals surface area contributed by atoms with Gasteiger partial charge in [0.2, 0.25) is 0 Å². The van der Waals surface area contributed by atoms with Crippen molar-refractivity contribution >= 4 is 46.2 Å². The number of nitrogens with zero attached hydrogens (tertiary/aromatic N) is 3. The van der Waals surface area contributed by atoms with Crippen LogP contribution in [0, 0.1) is 24.9 Å². The van der Waals surface area contributed by atoms with Crippen LogP contribution in [0.1, 0.15) is 31.8 Å². The van der Waals surface area contributed by atoms with Gasteiger partial charge in [-0.25, -0.2) is 0 Å². The van der Waals surface area contributed by atoms with Crippen LogP contribution >= 0.6 is 0 Å². The molecule has 3 aromatic heterocycles. The Hall–Kier alpha value is -5.39. The molecular weight excluding hydrogens is 879 g/mol. The number of aromatic nitrogens is 3. The van der Waals surface area contributed by atoms with E-state index in [9.17, 15) is 0 Å². The van der Waals surface area contributed by atoms with E-state index in [4.69, 9.17) is 16.3 Å². The first-order chi connectivity index (χ1) is 28.6. The van der Waals surface area contributed by atoms with Gasteiger partial charge in [0.05, 0.1) is 30.5 Å². The second-order valence-electron chi connectivity index (χ2n) is 15.0. The molecule has 1 radical (unpaired) electrons. The van der Waals surface area contributed by atoms with Gasteiger partial charge in [-0.3, -0.25) is 4.98 Å². The van der Waals surface area contributed by atoms with Crippen LogP contribution in [0.15, 0.2) is 150 Å². The van der Waals surface area contributed by atoms with Crippen LogP contribution in [0.25, 0.3) is 72.4 Å². The topological polar surface area (TPSA) is 43.9 Å². The van der Waals surface area contributed by atoms with Crippen molar-refractivity contribution in [2.45, 2.75) is 46.7 Å². The number of hydrogen-bond donors (Lipinski definition) is 0. The Kier molecular flexibility index (Phi) is 9.59. The molecule has 281 valence electrons. The summed E-state index contributed by atoms with van der Waals surface area (Å²) in [4.78, 5) is 9.62. The number of furan rings is 1. The molecule has 0 saturated carbocycles. The van der Waals surface area contributed by atoms with Crippen molar-refractivity contribution in [1.82, 2.24) is 14.5 Å². The molecule has 0 fully saturated rings. The fourth-order valence-corrected chi connectivity index (χ4v) is 8.44. The molecule has 0 N–H and O–H groups in total. The number of fused-ring (bicyclic) bond motifs is 4. The molecule has 0 spiro atoms. The third-order valence-electron chi connectivity index (χ3n) is 9.60. The Balaban J connectivity index is 0.000000189. The summed E-state index contributed by atoms with van der Waals surface area (Å²) in [7, 11) is -1.78. The molecule has 0 unspecified atom stereocenters. The van der Waals surface area contributed by atoms with Crippen molar-refractivity contribution in [3.63, 3.8) is 0 Å². The fraction of sp³-hybridized carbons (Fsp3) is 0.160. The third kappa shape index (κ3) is 7.83. The van der Waals surface area contributed by atoms with E-state index < -0.39 is 21.3 Å². The summed E-state index contributed by atoms with van der Waals surface area (Å²) >= 11 is 0. The van der Waals surface area contributed by atoms with Crippen molar-refractivity contribution in [3.05, 3.63) is 169 Å². The number of para-hydroxylation sites is 4. The molecule has 3 heterocycles. The smallest absolute Gasteiger partial charge is 0.120 e. The summed E-state index contributed by atoms with van der Waals surface area (Å²) in [6, 6.07) is 52.3. The zero-order chi connectivity index (χ0) is 42.4. The summed E-state index contributed by atoms with van der Waals surface area (Å²) < 4.78 is 48.2. The molecular formula is C50H45IrN3OSi-2. The maximum absolute atomic E-state index is 8.59. The van der Waals surface area contributed by atoms with Gasteiger partial charge in [0.1, 0.15) is 5.58 Å². The number of hydrogen-bond acceptors (Lipinski definition) is 3. The zero-order valence-electron chi connectivity index (χ0n) is 37.0. The van der Waals surface area contributed by atoms with E-state index in [2.05, 4.69) is 120 Å². The summed E-state index contributed by atoms with van der Waals surface area (Å²) in [6.07, 6.45) is 0.328. The first-order valence-corrected chi connectivity index (χ1v) is 22.1. The minimum absolute atomic E-state index is 0. The van der Waals surface area contributed by atoms with Gasteiger partial charge in [-0.05, 0) is 53.0 Å². The van der Waals surface area contributed by atoms with Crippen molar-refractivity contribution < 1.29 is 31.4 Å². The number of aryl methyl sites for hydroxylation is 1. The molecule has 0 aliphatic carbocycles. The van der Waals surface area contributed by atoms with E-state index in [0.717, 1.165) is 66.4 Å². The minimum Gasteiger partial charge on any atom is -0.501 e. The zero-order valence-corrected chi connectivity index (χ0v) is 35.4. The number of benzene rings is 6. The van der Waals surface area contributed by atoms with Crippen molar-refractivity contribution in [1.29, 1.82) is 0 Å². The maximum atomic E-state index is 8.59. The Morgan fingerprint density at radius 2 is 1.57 bits per heavy atom. The molecule has 6 aromatic carbocycles. The normalized spacial score (nSPS) is 13.3. The van der Waals surface area contributed by atoms with Crippen molar-refractivity contribution in [3.8, 4) is 39.5 Å². The first kappa shape index (κ1) is 32.8. The molecule has 9 rings (SSSR count). The number of imidazole rings is 1. The van der Waals surface area contributed by atoms with E-state index >= 15 is 0 Å². The quantitative estimate of drug-likeness (QED) is 0.118. The van der Waals surface area contributed by atoms with Crippen LogP contribution in [0.5, 0.6) is 0 Å². The monoisotopic (exact) mass is 929 g/mol. The van der Waals surface area contributed by atoms with E-state index in [1.54, 1.807) is 18.3 Å². The van der Waals surface area contributed by atoms with Gasteiger partial charge >= 0.3 is 0 Å². The largest absolute Gasteiger partial charge is 0.501 e. The Labute approximate surface area is 351 Å². The van der Waals surface area contributed by atoms with Gasteiger partial charge in [0, 0.05) is 49.8 Å². The minimum atomic E-state index is -2.16. The van der Waals surface area contributed by atoms with Gasteiger partial charge < -0.3 is 14.0 Å². The van der Waals surface area contributed by atoms with Crippen LogP contribution < -0.4 is 5.19 Å². The standard InChI is InChI=1S/C31H19N2O.C19H26NSi.Ir/c1-2-11-21(12-3-1)22-13-4-7-18-27(22)33-28-19-8-6-17-26(28)32-31(33)25-16-10-15-24-23-14-5-9-20-29(23)34-30(24)25;1-14(2)11-17-12-18(16-9-7-15(3)8-10-16)20-13-19(17)21(4,5)6;/h1-15,17-20H;7-9,12-14H,11H2,1-6H3;/q2*-1;/i;3D3,11D2;. The van der Waals surface area contributed by atoms with E-state index in [1.165, 1.54) is 6.07 Å². The Bertz CT molecular complexity index is 2970. The number of rotatable bonds is 7. The molecule has 0 bridgehead atoms. The molecule has 0 aliphatic heterocycles. The fourth-order valence-electron chi connectivity index (χ4n) is 7.04. The molecule has 0 aliphatic rings. The van der Waals surface area contributed by atoms with Crippen LogP contribution in [-0.4, -0.2) is 22.6 Å². The van der Waals surface area contributed by atoms with E-state index in [1.807, 2.05) is 56.3 Å². The van der Waals surface area contributed by atoms with Gasteiger partial charge in [-0.1, -0.05) is 142 Å². The third-order valence-corrected chi connectivity index (χ3v) is 11.6. The average molecular weight is 929 g/mol. The summed E-state index contributed by atoms with van der Waals surface area (Å²) in [6.45, 7) is 8.14. The van der Waals surface area contributed by atoms with Crippen LogP contribution in [0.4, 0.5) is 0 Å². The van der Waals surface area contributed by atoms with Crippen LogP contribution in [-0.2, 0) is 26.5 Å². The molecule has 6 heteroatoms. The molecule has 9 aromatic rings. The van der Waals surface area contributed by atoms with E-state index in [0.29, 0.717) is 16.8 Å². The summed E-state index contributed by atoms with van der Waals surface area (Å²) in [5, 5.41) is 3.18. The Morgan fingerprint density at radius 3 is 2.34 bits per heavy atom. The molecule has 56 heavy (non-hydrogen) atoms.